The monoisotopic (exact) mass is 388 g/mol. The molecule has 1 saturated heterocycles. The first kappa shape index (κ1) is 19.4. The number of nitrogens with zero attached hydrogens (tertiary/aromatic N) is 1. The van der Waals surface area contributed by atoms with Crippen LogP contribution < -0.4 is 10.1 Å². The summed E-state index contributed by atoms with van der Waals surface area (Å²) < 4.78 is 33.0. The number of rotatable bonds is 6. The van der Waals surface area contributed by atoms with Crippen molar-refractivity contribution >= 4 is 21.6 Å². The lowest BCUT2D eigenvalue weighted by Gasteiger charge is -2.19. The van der Waals surface area contributed by atoms with Gasteiger partial charge in [-0.15, -0.1) is 0 Å². The molecule has 27 heavy (non-hydrogen) atoms. The van der Waals surface area contributed by atoms with Crippen molar-refractivity contribution in [1.29, 1.82) is 0 Å². The van der Waals surface area contributed by atoms with Crippen molar-refractivity contribution in [3.8, 4) is 5.75 Å². The molecule has 0 atom stereocenters. The lowest BCUT2D eigenvalue weighted by molar-refractivity contribution is 0.102. The van der Waals surface area contributed by atoms with E-state index in [9.17, 15) is 13.2 Å². The second-order valence-corrected chi connectivity index (χ2v) is 8.43. The quantitative estimate of drug-likeness (QED) is 0.823. The Bertz CT molecular complexity index is 917. The first-order valence-electron chi connectivity index (χ1n) is 9.07. The molecular weight excluding hydrogens is 364 g/mol. The van der Waals surface area contributed by atoms with E-state index in [2.05, 4.69) is 5.32 Å². The fourth-order valence-corrected chi connectivity index (χ4v) is 4.71. The molecule has 0 saturated carbocycles. The lowest BCUT2D eigenvalue weighted by Crippen LogP contribution is -2.28. The number of carbonyl (C=O) groups excluding carboxylic acids is 1. The summed E-state index contributed by atoms with van der Waals surface area (Å²) in [5.41, 5.74) is 2.02. The van der Waals surface area contributed by atoms with Gasteiger partial charge in [0.25, 0.3) is 5.91 Å². The Balaban J connectivity index is 1.92. The number of carbonyl (C=O) groups is 1. The van der Waals surface area contributed by atoms with E-state index in [0.29, 0.717) is 25.4 Å². The minimum Gasteiger partial charge on any atom is -0.492 e. The maximum Gasteiger partial charge on any atom is 0.255 e. The number of ether oxygens (including phenoxy) is 1. The zero-order valence-corrected chi connectivity index (χ0v) is 16.4. The van der Waals surface area contributed by atoms with Crippen LogP contribution in [0.1, 0.15) is 35.7 Å². The molecule has 3 rings (SSSR count). The van der Waals surface area contributed by atoms with Crippen molar-refractivity contribution in [2.45, 2.75) is 31.6 Å². The van der Waals surface area contributed by atoms with E-state index in [-0.39, 0.29) is 22.1 Å². The van der Waals surface area contributed by atoms with Gasteiger partial charge in [0.05, 0.1) is 6.61 Å². The summed E-state index contributed by atoms with van der Waals surface area (Å²) in [4.78, 5) is 12.7. The van der Waals surface area contributed by atoms with Crippen molar-refractivity contribution in [3.05, 3.63) is 53.6 Å². The zero-order chi connectivity index (χ0) is 19.4. The summed E-state index contributed by atoms with van der Waals surface area (Å²) in [5.74, 6) is -0.0870. The van der Waals surface area contributed by atoms with E-state index in [1.54, 1.807) is 19.1 Å². The summed E-state index contributed by atoms with van der Waals surface area (Å²) in [7, 11) is -3.70. The molecule has 1 aliphatic heterocycles. The molecule has 6 nitrogen and oxygen atoms in total. The third-order valence-electron chi connectivity index (χ3n) is 4.50. The highest BCUT2D eigenvalue weighted by Crippen LogP contribution is 2.30. The zero-order valence-electron chi connectivity index (χ0n) is 15.6. The molecule has 0 aliphatic carbocycles. The van der Waals surface area contributed by atoms with Gasteiger partial charge in [-0.3, -0.25) is 4.79 Å². The van der Waals surface area contributed by atoms with Gasteiger partial charge in [-0.2, -0.15) is 4.31 Å². The summed E-state index contributed by atoms with van der Waals surface area (Å²) >= 11 is 0. The van der Waals surface area contributed by atoms with Crippen LogP contribution in [0.5, 0.6) is 5.75 Å². The summed E-state index contributed by atoms with van der Waals surface area (Å²) in [6.07, 6.45) is 1.69. The van der Waals surface area contributed by atoms with Crippen molar-refractivity contribution in [2.75, 3.05) is 25.0 Å². The molecule has 1 fully saturated rings. The fraction of sp³-hybridized carbons (Fsp3) is 0.350. The molecule has 2 aromatic rings. The van der Waals surface area contributed by atoms with E-state index < -0.39 is 10.0 Å². The molecule has 1 heterocycles. The Morgan fingerprint density at radius 1 is 1.11 bits per heavy atom. The van der Waals surface area contributed by atoms with Crippen LogP contribution in [0.3, 0.4) is 0 Å². The second kappa shape index (κ2) is 8.10. The largest absolute Gasteiger partial charge is 0.492 e. The fourth-order valence-electron chi connectivity index (χ4n) is 3.03. The van der Waals surface area contributed by atoms with Gasteiger partial charge in [0.1, 0.15) is 10.6 Å². The highest BCUT2D eigenvalue weighted by atomic mass is 32.2. The van der Waals surface area contributed by atoms with Gasteiger partial charge in [-0.25, -0.2) is 8.42 Å². The SMILES string of the molecule is CCOc1ccc(C(=O)Nc2ccc(C)cc2)cc1S(=O)(=O)N1CCCC1. The number of anilines is 1. The van der Waals surface area contributed by atoms with Crippen LogP contribution in [0, 0.1) is 6.92 Å². The van der Waals surface area contributed by atoms with Crippen LogP contribution >= 0.6 is 0 Å². The predicted molar refractivity (Wildman–Crippen MR) is 105 cm³/mol. The normalized spacial score (nSPS) is 14.9. The maximum absolute atomic E-state index is 13.0. The Hall–Kier alpha value is -2.38. The van der Waals surface area contributed by atoms with Gasteiger partial charge in [0.15, 0.2) is 0 Å². The molecule has 2 aromatic carbocycles. The molecule has 1 aliphatic rings. The Labute approximate surface area is 160 Å². The van der Waals surface area contributed by atoms with Gasteiger partial charge in [0, 0.05) is 24.3 Å². The molecule has 144 valence electrons. The van der Waals surface area contributed by atoms with Gasteiger partial charge in [-0.05, 0) is 57.0 Å². The van der Waals surface area contributed by atoms with Gasteiger partial charge < -0.3 is 10.1 Å². The minimum absolute atomic E-state index is 0.0443. The summed E-state index contributed by atoms with van der Waals surface area (Å²) in [5, 5.41) is 2.80. The maximum atomic E-state index is 13.0. The number of benzene rings is 2. The van der Waals surface area contributed by atoms with E-state index in [0.717, 1.165) is 18.4 Å². The highest BCUT2D eigenvalue weighted by molar-refractivity contribution is 7.89. The van der Waals surface area contributed by atoms with E-state index >= 15 is 0 Å². The standard InChI is InChI=1S/C20H24N2O4S/c1-3-26-18-11-8-16(20(23)21-17-9-6-15(2)7-10-17)14-19(18)27(24,25)22-12-4-5-13-22/h6-11,14H,3-5,12-13H2,1-2H3,(H,21,23). The molecule has 0 unspecified atom stereocenters. The van der Waals surface area contributed by atoms with Crippen molar-refractivity contribution < 1.29 is 17.9 Å². The van der Waals surface area contributed by atoms with Crippen LogP contribution in [0.4, 0.5) is 5.69 Å². The summed E-state index contributed by atoms with van der Waals surface area (Å²) in [6.45, 7) is 5.09. The van der Waals surface area contributed by atoms with Crippen LogP contribution in [0.15, 0.2) is 47.4 Å². The highest BCUT2D eigenvalue weighted by Gasteiger charge is 2.30. The Morgan fingerprint density at radius 3 is 2.41 bits per heavy atom. The number of nitrogens with one attached hydrogen (secondary N) is 1. The first-order valence-corrected chi connectivity index (χ1v) is 10.5. The number of aryl methyl sites for hydroxylation is 1. The molecule has 0 spiro atoms. The average Bonchev–Trinajstić information content (AvgIpc) is 3.19. The smallest absolute Gasteiger partial charge is 0.255 e. The van der Waals surface area contributed by atoms with Gasteiger partial charge >= 0.3 is 0 Å². The van der Waals surface area contributed by atoms with Crippen LogP contribution in [0.2, 0.25) is 0 Å². The third-order valence-corrected chi connectivity index (χ3v) is 6.42. The van der Waals surface area contributed by atoms with Crippen LogP contribution in [0.25, 0.3) is 0 Å². The molecule has 1 N–H and O–H groups in total. The topological polar surface area (TPSA) is 75.7 Å². The predicted octanol–water partition coefficient (Wildman–Crippen LogP) is 3.43. The molecule has 7 heteroatoms. The Kier molecular flexibility index (Phi) is 5.82. The lowest BCUT2D eigenvalue weighted by atomic mass is 10.2. The van der Waals surface area contributed by atoms with Crippen molar-refractivity contribution in [2.24, 2.45) is 0 Å². The number of sulfonamides is 1. The molecule has 0 aromatic heterocycles. The number of amides is 1. The van der Waals surface area contributed by atoms with E-state index in [1.165, 1.54) is 10.4 Å². The number of hydrogen-bond donors (Lipinski definition) is 1. The molecule has 1 amide bonds. The van der Waals surface area contributed by atoms with E-state index in [1.807, 2.05) is 31.2 Å². The Morgan fingerprint density at radius 2 is 1.78 bits per heavy atom. The second-order valence-electron chi connectivity index (χ2n) is 6.53. The minimum atomic E-state index is -3.70. The van der Waals surface area contributed by atoms with Gasteiger partial charge in [0.2, 0.25) is 10.0 Å². The first-order chi connectivity index (χ1) is 12.9. The van der Waals surface area contributed by atoms with Crippen LogP contribution in [-0.4, -0.2) is 38.3 Å². The molecule has 0 bridgehead atoms. The third kappa shape index (κ3) is 4.31. The molecule has 0 radical (unpaired) electrons. The molecular formula is C20H24N2O4S. The average molecular weight is 388 g/mol. The number of hydrogen-bond acceptors (Lipinski definition) is 4. The van der Waals surface area contributed by atoms with Crippen molar-refractivity contribution in [1.82, 2.24) is 4.31 Å². The van der Waals surface area contributed by atoms with Crippen LogP contribution in [-0.2, 0) is 10.0 Å². The van der Waals surface area contributed by atoms with E-state index in [4.69, 9.17) is 4.74 Å². The summed E-state index contributed by atoms with van der Waals surface area (Å²) in [6, 6.07) is 12.0. The van der Waals surface area contributed by atoms with Crippen molar-refractivity contribution in [3.63, 3.8) is 0 Å². The van der Waals surface area contributed by atoms with Gasteiger partial charge in [-0.1, -0.05) is 17.7 Å².